The van der Waals surface area contributed by atoms with Crippen molar-refractivity contribution in [3.63, 3.8) is 0 Å². The fourth-order valence-corrected chi connectivity index (χ4v) is 1.41. The summed E-state index contributed by atoms with van der Waals surface area (Å²) in [4.78, 5) is 43.7. The molecule has 0 spiro atoms. The van der Waals surface area contributed by atoms with Crippen LogP contribution in [0.3, 0.4) is 0 Å². The van der Waals surface area contributed by atoms with Crippen LogP contribution in [0.15, 0.2) is 0 Å². The normalized spacial score (nSPS) is 10.6. The molecule has 8 heteroatoms. The summed E-state index contributed by atoms with van der Waals surface area (Å²) in [5.41, 5.74) is 4.15. The van der Waals surface area contributed by atoms with Crippen LogP contribution >= 0.6 is 0 Å². The smallest absolute Gasteiger partial charge is 0.321 e. The van der Waals surface area contributed by atoms with E-state index in [2.05, 4.69) is 5.32 Å². The van der Waals surface area contributed by atoms with E-state index in [-0.39, 0.29) is 25.7 Å². The fourth-order valence-electron chi connectivity index (χ4n) is 1.41. The van der Waals surface area contributed by atoms with Crippen molar-refractivity contribution in [3.05, 3.63) is 0 Å². The number of urea groups is 1. The van der Waals surface area contributed by atoms with E-state index in [4.69, 9.17) is 10.8 Å². The third-order valence-electron chi connectivity index (χ3n) is 2.12. The molecule has 19 heavy (non-hydrogen) atoms. The van der Waals surface area contributed by atoms with Gasteiger partial charge >= 0.3 is 12.0 Å². The van der Waals surface area contributed by atoms with E-state index in [0.29, 0.717) is 0 Å². The van der Waals surface area contributed by atoms with Gasteiger partial charge in [-0.15, -0.1) is 0 Å². The molecular weight excluding hydrogens is 254 g/mol. The second kappa shape index (κ2) is 7.34. The first-order chi connectivity index (χ1) is 8.62. The van der Waals surface area contributed by atoms with Gasteiger partial charge in [-0.1, -0.05) is 0 Å². The summed E-state index contributed by atoms with van der Waals surface area (Å²) in [6, 6.07) is -0.744. The van der Waals surface area contributed by atoms with Crippen molar-refractivity contribution in [2.45, 2.75) is 45.1 Å². The number of carbonyl (C=O) groups excluding carboxylic acids is 3. The Balaban J connectivity index is 4.06. The molecular formula is C11H19N3O5. The first-order valence-corrected chi connectivity index (χ1v) is 5.74. The summed E-state index contributed by atoms with van der Waals surface area (Å²) in [5, 5.41) is 12.9. The Bertz CT molecular complexity index is 379. The molecule has 0 bridgehead atoms. The summed E-state index contributed by atoms with van der Waals surface area (Å²) in [6.45, 7) is 3.18. The minimum absolute atomic E-state index is 0.0596. The highest BCUT2D eigenvalue weighted by molar-refractivity contribution is 5.94. The van der Waals surface area contributed by atoms with Crippen LogP contribution in [0.5, 0.6) is 0 Å². The Hall–Kier alpha value is -2.12. The van der Waals surface area contributed by atoms with E-state index in [0.717, 1.165) is 0 Å². The van der Waals surface area contributed by atoms with Gasteiger partial charge < -0.3 is 16.2 Å². The number of nitrogens with one attached hydrogen (secondary N) is 2. The van der Waals surface area contributed by atoms with E-state index in [1.165, 1.54) is 0 Å². The third-order valence-corrected chi connectivity index (χ3v) is 2.12. The van der Waals surface area contributed by atoms with E-state index in [1.807, 2.05) is 5.32 Å². The molecule has 4 amide bonds. The van der Waals surface area contributed by atoms with Crippen LogP contribution in [0.4, 0.5) is 4.79 Å². The number of nitrogens with two attached hydrogens (primary N) is 1. The van der Waals surface area contributed by atoms with Crippen molar-refractivity contribution in [1.29, 1.82) is 0 Å². The standard InChI is InChI=1S/C11H19N3O5/c1-11(2,6-7(12)15)14-10(19)13-8(16)4-3-5-9(17)18/h3-6H2,1-2H3,(H2,12,15)(H,17,18)(H2,13,14,16,19). The maximum Gasteiger partial charge on any atom is 0.321 e. The first-order valence-electron chi connectivity index (χ1n) is 5.74. The SMILES string of the molecule is CC(C)(CC(N)=O)NC(=O)NC(=O)CCCC(=O)O. The fraction of sp³-hybridized carbons (Fsp3) is 0.636. The molecule has 0 rings (SSSR count). The summed E-state index contributed by atoms with van der Waals surface area (Å²) in [6.07, 6.45) is -0.106. The largest absolute Gasteiger partial charge is 0.481 e. The lowest BCUT2D eigenvalue weighted by atomic mass is 10.0. The summed E-state index contributed by atoms with van der Waals surface area (Å²) >= 11 is 0. The average Bonchev–Trinajstić information content (AvgIpc) is 2.12. The van der Waals surface area contributed by atoms with Crippen LogP contribution in [0.2, 0.25) is 0 Å². The Labute approximate surface area is 110 Å². The van der Waals surface area contributed by atoms with E-state index >= 15 is 0 Å². The number of carbonyl (C=O) groups is 4. The third kappa shape index (κ3) is 9.57. The lowest BCUT2D eigenvalue weighted by molar-refractivity contribution is -0.137. The Morgan fingerprint density at radius 3 is 2.21 bits per heavy atom. The van der Waals surface area contributed by atoms with Gasteiger partial charge in [-0.25, -0.2) is 4.79 Å². The molecule has 0 heterocycles. The van der Waals surface area contributed by atoms with Gasteiger partial charge in [0.05, 0.1) is 0 Å². The van der Waals surface area contributed by atoms with Crippen molar-refractivity contribution in [3.8, 4) is 0 Å². The molecule has 0 saturated heterocycles. The van der Waals surface area contributed by atoms with Gasteiger partial charge in [0.15, 0.2) is 0 Å². The molecule has 8 nitrogen and oxygen atoms in total. The second-order valence-corrected chi connectivity index (χ2v) is 4.78. The van der Waals surface area contributed by atoms with Crippen LogP contribution in [-0.2, 0) is 14.4 Å². The van der Waals surface area contributed by atoms with Crippen LogP contribution in [-0.4, -0.2) is 34.5 Å². The zero-order valence-electron chi connectivity index (χ0n) is 11.0. The molecule has 5 N–H and O–H groups in total. The highest BCUT2D eigenvalue weighted by Gasteiger charge is 2.23. The lowest BCUT2D eigenvalue weighted by Gasteiger charge is -2.24. The molecule has 0 radical (unpaired) electrons. The van der Waals surface area contributed by atoms with Gasteiger partial charge in [-0.3, -0.25) is 19.7 Å². The Morgan fingerprint density at radius 2 is 1.74 bits per heavy atom. The van der Waals surface area contributed by atoms with Gasteiger partial charge in [0.2, 0.25) is 11.8 Å². The highest BCUT2D eigenvalue weighted by atomic mass is 16.4. The maximum absolute atomic E-state index is 11.4. The van der Waals surface area contributed by atoms with Crippen LogP contribution in [0, 0.1) is 0 Å². The van der Waals surface area contributed by atoms with E-state index in [1.54, 1.807) is 13.8 Å². The van der Waals surface area contributed by atoms with E-state index in [9.17, 15) is 19.2 Å². The molecule has 108 valence electrons. The van der Waals surface area contributed by atoms with Crippen LogP contribution in [0.1, 0.15) is 39.5 Å². The maximum atomic E-state index is 11.4. The zero-order valence-corrected chi connectivity index (χ0v) is 11.0. The minimum atomic E-state index is -1.00. The molecule has 0 atom stereocenters. The lowest BCUT2D eigenvalue weighted by Crippen LogP contribution is -2.51. The van der Waals surface area contributed by atoms with Crippen molar-refractivity contribution in [2.24, 2.45) is 5.73 Å². The number of aliphatic carboxylic acids is 1. The molecule has 0 aromatic rings. The monoisotopic (exact) mass is 273 g/mol. The quantitative estimate of drug-likeness (QED) is 0.505. The molecule has 0 fully saturated rings. The van der Waals surface area contributed by atoms with Gasteiger partial charge in [0.1, 0.15) is 0 Å². The molecule has 0 unspecified atom stereocenters. The molecule has 0 saturated carbocycles. The van der Waals surface area contributed by atoms with Crippen LogP contribution < -0.4 is 16.4 Å². The van der Waals surface area contributed by atoms with Crippen molar-refractivity contribution >= 4 is 23.8 Å². The van der Waals surface area contributed by atoms with Crippen molar-refractivity contribution < 1.29 is 24.3 Å². The first kappa shape index (κ1) is 16.9. The van der Waals surface area contributed by atoms with E-state index < -0.39 is 29.4 Å². The van der Waals surface area contributed by atoms with Crippen molar-refractivity contribution in [1.82, 2.24) is 10.6 Å². The Morgan fingerprint density at radius 1 is 1.16 bits per heavy atom. The number of hydrogen-bond acceptors (Lipinski definition) is 4. The summed E-state index contributed by atoms with van der Waals surface area (Å²) in [5.74, 6) is -2.15. The predicted molar refractivity (Wildman–Crippen MR) is 66.1 cm³/mol. The number of carboxylic acids is 1. The molecule has 0 aromatic heterocycles. The zero-order chi connectivity index (χ0) is 15.1. The Kier molecular flexibility index (Phi) is 6.53. The second-order valence-electron chi connectivity index (χ2n) is 4.78. The summed E-state index contributed by atoms with van der Waals surface area (Å²) in [7, 11) is 0. The number of amides is 4. The molecule has 0 aliphatic heterocycles. The van der Waals surface area contributed by atoms with Crippen molar-refractivity contribution in [2.75, 3.05) is 0 Å². The summed E-state index contributed by atoms with van der Waals surface area (Å²) < 4.78 is 0. The van der Waals surface area contributed by atoms with Gasteiger partial charge in [-0.2, -0.15) is 0 Å². The number of rotatable bonds is 7. The van der Waals surface area contributed by atoms with Gasteiger partial charge in [-0.05, 0) is 20.3 Å². The minimum Gasteiger partial charge on any atom is -0.481 e. The topological polar surface area (TPSA) is 139 Å². The molecule has 0 aromatic carbocycles. The number of primary amides is 1. The molecule has 0 aliphatic rings. The average molecular weight is 273 g/mol. The van der Waals surface area contributed by atoms with Gasteiger partial charge in [0, 0.05) is 24.8 Å². The number of hydrogen-bond donors (Lipinski definition) is 4. The van der Waals surface area contributed by atoms with Gasteiger partial charge in [0.25, 0.3) is 0 Å². The highest BCUT2D eigenvalue weighted by Crippen LogP contribution is 2.06. The predicted octanol–water partition coefficient (Wildman–Crippen LogP) is -0.279. The van der Waals surface area contributed by atoms with Crippen LogP contribution in [0.25, 0.3) is 0 Å². The molecule has 0 aliphatic carbocycles. The number of imide groups is 1. The number of carboxylic acid groups (broad SMARTS) is 1.